The lowest BCUT2D eigenvalue weighted by Crippen LogP contribution is -2.25. The number of benzene rings is 6. The monoisotopic (exact) mass is 718 g/mol. The molecule has 6 aromatic carbocycles. The van der Waals surface area contributed by atoms with Gasteiger partial charge in [-0.2, -0.15) is 0 Å². The highest BCUT2D eigenvalue weighted by Crippen LogP contribution is 2.50. The number of nitrogens with zero attached hydrogens (tertiary/aromatic N) is 4. The van der Waals surface area contributed by atoms with Crippen molar-refractivity contribution in [3.8, 4) is 28.8 Å². The summed E-state index contributed by atoms with van der Waals surface area (Å²) in [6, 6.07) is 51.4. The van der Waals surface area contributed by atoms with E-state index in [0.29, 0.717) is 12.4 Å². The molecular weight excluding hydrogens is 677 g/mol. The van der Waals surface area contributed by atoms with Crippen molar-refractivity contribution < 1.29 is 9.47 Å². The minimum absolute atomic E-state index is 0.108. The molecule has 0 N–H and O–H groups in total. The van der Waals surface area contributed by atoms with Gasteiger partial charge in [-0.25, -0.2) is 4.98 Å². The molecule has 0 saturated heterocycles. The Bertz CT molecular complexity index is 2780. The summed E-state index contributed by atoms with van der Waals surface area (Å²) in [6.45, 7) is 11.9. The van der Waals surface area contributed by atoms with Gasteiger partial charge in [0.25, 0.3) is 0 Å². The van der Waals surface area contributed by atoms with Crippen LogP contribution in [0.1, 0.15) is 51.3 Å². The second kappa shape index (κ2) is 12.3. The third kappa shape index (κ3) is 5.43. The molecule has 5 heterocycles. The summed E-state index contributed by atoms with van der Waals surface area (Å²) in [5.74, 6) is 3.83. The van der Waals surface area contributed by atoms with Crippen molar-refractivity contribution in [1.82, 2.24) is 9.55 Å². The highest BCUT2D eigenvalue weighted by Gasteiger charge is 2.33. The van der Waals surface area contributed by atoms with Crippen molar-refractivity contribution in [2.75, 3.05) is 16.5 Å². The number of hydrogen-bond acceptors (Lipinski definition) is 5. The molecule has 0 saturated carbocycles. The summed E-state index contributed by atoms with van der Waals surface area (Å²) >= 11 is 0. The molecule has 0 aliphatic carbocycles. The molecule has 0 radical (unpaired) electrons. The van der Waals surface area contributed by atoms with Crippen LogP contribution in [0, 0.1) is 0 Å². The Morgan fingerprint density at radius 1 is 0.527 bits per heavy atom. The lowest BCUT2D eigenvalue weighted by Gasteiger charge is -2.30. The molecule has 2 aromatic heterocycles. The van der Waals surface area contributed by atoms with E-state index in [1.165, 1.54) is 11.1 Å². The van der Waals surface area contributed by atoms with Gasteiger partial charge in [-0.15, -0.1) is 0 Å². The van der Waals surface area contributed by atoms with E-state index in [1.54, 1.807) is 0 Å². The van der Waals surface area contributed by atoms with Crippen LogP contribution in [-0.2, 0) is 10.8 Å². The zero-order valence-corrected chi connectivity index (χ0v) is 31.7. The summed E-state index contributed by atoms with van der Waals surface area (Å²) in [5.41, 5.74) is 9.24. The molecule has 0 atom stereocenters. The standard InChI is InChI=1S/C49H42N4O2/c1-48(2,3)33-25-34-27-36(26-33)54-35-23-24-38-37-17-9-10-18-40(37)53(44(38)28-35)47-29-39(49(4,5)32-15-7-6-8-16-32)46(30-50-47)55-45-22-14-13-21-43(45)52-31-51(34)41-19-11-12-20-42(41)52/h6-30H,31H2,1-5H3. The summed E-state index contributed by atoms with van der Waals surface area (Å²) in [7, 11) is 0. The van der Waals surface area contributed by atoms with E-state index in [4.69, 9.17) is 14.5 Å². The molecular formula is C49H42N4O2. The van der Waals surface area contributed by atoms with Crippen LogP contribution in [0.5, 0.6) is 23.0 Å². The molecule has 8 bridgehead atoms. The van der Waals surface area contributed by atoms with Crippen LogP contribution in [0.2, 0.25) is 0 Å². The molecule has 0 fully saturated rings. The Balaban J connectivity index is 1.27. The van der Waals surface area contributed by atoms with Crippen molar-refractivity contribution in [2.24, 2.45) is 0 Å². The molecule has 6 heteroatoms. The molecule has 3 aliphatic heterocycles. The summed E-state index contributed by atoms with van der Waals surface area (Å²) < 4.78 is 16.2. The third-order valence-corrected chi connectivity index (χ3v) is 11.3. The molecule has 6 nitrogen and oxygen atoms in total. The first-order valence-electron chi connectivity index (χ1n) is 19.0. The van der Waals surface area contributed by atoms with Crippen molar-refractivity contribution in [2.45, 2.75) is 45.4 Å². The predicted molar refractivity (Wildman–Crippen MR) is 224 cm³/mol. The summed E-state index contributed by atoms with van der Waals surface area (Å²) in [4.78, 5) is 9.90. The highest BCUT2D eigenvalue weighted by atomic mass is 16.5. The number of aromatic nitrogens is 2. The van der Waals surface area contributed by atoms with Gasteiger partial charge < -0.3 is 19.3 Å². The second-order valence-electron chi connectivity index (χ2n) is 16.2. The highest BCUT2D eigenvalue weighted by molar-refractivity contribution is 6.09. The number of rotatable bonds is 2. The molecule has 0 spiro atoms. The van der Waals surface area contributed by atoms with Crippen LogP contribution >= 0.6 is 0 Å². The molecule has 0 amide bonds. The number of pyridine rings is 1. The maximum atomic E-state index is 7.10. The van der Waals surface area contributed by atoms with Crippen LogP contribution in [0.3, 0.4) is 0 Å². The quantitative estimate of drug-likeness (QED) is 0.178. The predicted octanol–water partition coefficient (Wildman–Crippen LogP) is 12.9. The third-order valence-electron chi connectivity index (χ3n) is 11.3. The van der Waals surface area contributed by atoms with Gasteiger partial charge in [-0.1, -0.05) is 107 Å². The number of fused-ring (bicyclic) bond motifs is 5. The average molecular weight is 719 g/mol. The summed E-state index contributed by atoms with van der Waals surface area (Å²) in [6.07, 6.45) is 1.90. The fraction of sp³-hybridized carbons (Fsp3) is 0.163. The normalized spacial score (nSPS) is 13.7. The maximum absolute atomic E-state index is 7.10. The van der Waals surface area contributed by atoms with Gasteiger partial charge in [-0.3, -0.25) is 4.57 Å². The van der Waals surface area contributed by atoms with Gasteiger partial charge in [0, 0.05) is 39.6 Å². The fourth-order valence-corrected chi connectivity index (χ4v) is 8.29. The first-order valence-corrected chi connectivity index (χ1v) is 19.0. The molecule has 55 heavy (non-hydrogen) atoms. The van der Waals surface area contributed by atoms with Gasteiger partial charge in [-0.05, 0) is 77.2 Å². The van der Waals surface area contributed by atoms with Crippen LogP contribution in [0.25, 0.3) is 27.6 Å². The Labute approximate surface area is 321 Å². The van der Waals surface area contributed by atoms with Crippen LogP contribution < -0.4 is 19.3 Å². The smallest absolute Gasteiger partial charge is 0.151 e. The van der Waals surface area contributed by atoms with E-state index in [0.717, 1.165) is 73.2 Å². The molecule has 3 aliphatic rings. The zero-order chi connectivity index (χ0) is 37.5. The van der Waals surface area contributed by atoms with Gasteiger partial charge in [0.15, 0.2) is 5.75 Å². The van der Waals surface area contributed by atoms with E-state index in [-0.39, 0.29) is 5.41 Å². The van der Waals surface area contributed by atoms with Gasteiger partial charge in [0.1, 0.15) is 29.7 Å². The SMILES string of the molecule is CC(C)(C)c1cc2cc(c1)N1CN(c3ccccc3Oc3cnc(cc3C(C)(C)c3ccccc3)-n3c4ccccc4c4ccc(cc43)O2)c2ccccc21. The van der Waals surface area contributed by atoms with E-state index in [1.807, 2.05) is 12.3 Å². The van der Waals surface area contributed by atoms with Crippen LogP contribution in [0.4, 0.5) is 22.7 Å². The molecule has 8 aromatic rings. The van der Waals surface area contributed by atoms with Crippen molar-refractivity contribution in [3.05, 3.63) is 168 Å². The largest absolute Gasteiger partial charge is 0.457 e. The van der Waals surface area contributed by atoms with Crippen molar-refractivity contribution in [3.63, 3.8) is 0 Å². The van der Waals surface area contributed by atoms with Crippen LogP contribution in [-0.4, -0.2) is 16.2 Å². The Morgan fingerprint density at radius 3 is 2.02 bits per heavy atom. The maximum Gasteiger partial charge on any atom is 0.151 e. The Kier molecular flexibility index (Phi) is 7.37. The Hall–Kier alpha value is -6.53. The fourth-order valence-electron chi connectivity index (χ4n) is 8.29. The summed E-state index contributed by atoms with van der Waals surface area (Å²) in [5, 5.41) is 2.29. The van der Waals surface area contributed by atoms with Crippen LogP contribution in [0.15, 0.2) is 152 Å². The second-order valence-corrected chi connectivity index (χ2v) is 16.2. The van der Waals surface area contributed by atoms with E-state index in [2.05, 4.69) is 189 Å². The minimum Gasteiger partial charge on any atom is -0.457 e. The molecule has 11 rings (SSSR count). The van der Waals surface area contributed by atoms with Gasteiger partial charge >= 0.3 is 0 Å². The lowest BCUT2D eigenvalue weighted by molar-refractivity contribution is 0.459. The number of hydrogen-bond donors (Lipinski definition) is 0. The van der Waals surface area contributed by atoms with E-state index >= 15 is 0 Å². The van der Waals surface area contributed by atoms with E-state index < -0.39 is 5.41 Å². The average Bonchev–Trinajstić information content (AvgIpc) is 3.74. The van der Waals surface area contributed by atoms with Gasteiger partial charge in [0.05, 0.1) is 34.3 Å². The first kappa shape index (κ1) is 33.1. The molecule has 270 valence electrons. The topological polar surface area (TPSA) is 42.8 Å². The van der Waals surface area contributed by atoms with E-state index in [9.17, 15) is 0 Å². The minimum atomic E-state index is -0.429. The van der Waals surface area contributed by atoms with Gasteiger partial charge in [0.2, 0.25) is 0 Å². The first-order chi connectivity index (χ1) is 26.6. The van der Waals surface area contributed by atoms with Crippen molar-refractivity contribution >= 4 is 44.6 Å². The number of para-hydroxylation sites is 5. The number of ether oxygens (including phenoxy) is 2. The molecule has 0 unspecified atom stereocenters. The Morgan fingerprint density at radius 2 is 1.22 bits per heavy atom. The number of anilines is 4. The van der Waals surface area contributed by atoms with Crippen molar-refractivity contribution in [1.29, 1.82) is 0 Å². The lowest BCUT2D eigenvalue weighted by atomic mass is 9.78. The zero-order valence-electron chi connectivity index (χ0n) is 31.7.